The summed E-state index contributed by atoms with van der Waals surface area (Å²) in [6.07, 6.45) is 5.55. The average molecular weight is 390 g/mol. The highest BCUT2D eigenvalue weighted by Crippen LogP contribution is 2.26. The van der Waals surface area contributed by atoms with Crippen molar-refractivity contribution in [2.24, 2.45) is 0 Å². The molecular weight excluding hydrogens is 372 g/mol. The highest BCUT2D eigenvalue weighted by Gasteiger charge is 2.13. The van der Waals surface area contributed by atoms with E-state index in [-0.39, 0.29) is 5.91 Å². The van der Waals surface area contributed by atoms with Crippen molar-refractivity contribution in [1.82, 2.24) is 14.4 Å². The zero-order valence-corrected chi connectivity index (χ0v) is 16.1. The van der Waals surface area contributed by atoms with E-state index in [1.165, 1.54) is 0 Å². The number of anilines is 1. The number of imidazole rings is 1. The molecule has 3 aromatic carbocycles. The summed E-state index contributed by atoms with van der Waals surface area (Å²) < 4.78 is 1.87. The predicted molar refractivity (Wildman–Crippen MR) is 118 cm³/mol. The van der Waals surface area contributed by atoms with E-state index in [2.05, 4.69) is 15.3 Å². The van der Waals surface area contributed by atoms with E-state index < -0.39 is 0 Å². The summed E-state index contributed by atoms with van der Waals surface area (Å²) in [5, 5.41) is 3.02. The molecule has 1 amide bonds. The fourth-order valence-corrected chi connectivity index (χ4v) is 3.47. The Morgan fingerprint density at radius 3 is 2.50 bits per heavy atom. The summed E-state index contributed by atoms with van der Waals surface area (Å²) in [6.45, 7) is 0. The maximum Gasteiger partial charge on any atom is 0.256 e. The van der Waals surface area contributed by atoms with Crippen molar-refractivity contribution in [3.05, 3.63) is 109 Å². The molecule has 5 aromatic rings. The molecule has 0 spiro atoms. The van der Waals surface area contributed by atoms with Crippen molar-refractivity contribution < 1.29 is 4.79 Å². The van der Waals surface area contributed by atoms with Crippen molar-refractivity contribution in [2.75, 3.05) is 5.32 Å². The lowest BCUT2D eigenvalue weighted by atomic mass is 9.99. The molecule has 1 N–H and O–H groups in total. The van der Waals surface area contributed by atoms with Crippen molar-refractivity contribution in [1.29, 1.82) is 0 Å². The van der Waals surface area contributed by atoms with Gasteiger partial charge in [-0.25, -0.2) is 9.97 Å². The molecule has 0 bridgehead atoms. The Hall–Kier alpha value is -4.25. The van der Waals surface area contributed by atoms with Crippen molar-refractivity contribution >= 4 is 17.4 Å². The van der Waals surface area contributed by atoms with E-state index in [1.807, 2.05) is 102 Å². The van der Waals surface area contributed by atoms with Gasteiger partial charge in [-0.05, 0) is 35.4 Å². The molecule has 0 aliphatic rings. The Bertz CT molecular complexity index is 1310. The molecule has 5 nitrogen and oxygen atoms in total. The van der Waals surface area contributed by atoms with Gasteiger partial charge in [-0.1, -0.05) is 60.7 Å². The second kappa shape index (κ2) is 7.64. The number of rotatable bonds is 4. The van der Waals surface area contributed by atoms with E-state index in [9.17, 15) is 4.79 Å². The fraction of sp³-hybridized carbons (Fsp3) is 0. The molecule has 0 unspecified atom stereocenters. The van der Waals surface area contributed by atoms with Crippen LogP contribution in [0.3, 0.4) is 0 Å². The number of fused-ring (bicyclic) bond motifs is 1. The molecule has 0 atom stereocenters. The summed E-state index contributed by atoms with van der Waals surface area (Å²) in [6, 6.07) is 27.1. The quantitative estimate of drug-likeness (QED) is 0.452. The summed E-state index contributed by atoms with van der Waals surface area (Å²) in [7, 11) is 0. The number of carbonyl (C=O) groups is 1. The Morgan fingerprint density at radius 1 is 0.833 bits per heavy atom. The SMILES string of the molecule is O=C(Nc1cccc(-c2cn3cccnc3n2)c1)c1ccccc1-c1ccccc1. The lowest BCUT2D eigenvalue weighted by Crippen LogP contribution is -2.13. The van der Waals surface area contributed by atoms with E-state index in [1.54, 1.807) is 6.20 Å². The molecular formula is C25H18N4O. The number of nitrogens with zero attached hydrogens (tertiary/aromatic N) is 3. The second-order valence-electron chi connectivity index (χ2n) is 6.90. The first-order valence-electron chi connectivity index (χ1n) is 9.64. The maximum atomic E-state index is 13.1. The van der Waals surface area contributed by atoms with Gasteiger partial charge in [-0.15, -0.1) is 0 Å². The Labute approximate surface area is 173 Å². The monoisotopic (exact) mass is 390 g/mol. The molecule has 2 aromatic heterocycles. The van der Waals surface area contributed by atoms with Crippen LogP contribution in [0.2, 0.25) is 0 Å². The van der Waals surface area contributed by atoms with Crippen molar-refractivity contribution in [3.8, 4) is 22.4 Å². The van der Waals surface area contributed by atoms with E-state index in [4.69, 9.17) is 0 Å². The number of benzene rings is 3. The Morgan fingerprint density at radius 2 is 1.63 bits per heavy atom. The minimum atomic E-state index is -0.150. The molecule has 5 rings (SSSR count). The first kappa shape index (κ1) is 17.8. The van der Waals surface area contributed by atoms with Gasteiger partial charge >= 0.3 is 0 Å². The van der Waals surface area contributed by atoms with E-state index in [0.29, 0.717) is 17.0 Å². The van der Waals surface area contributed by atoms with Crippen LogP contribution in [0.4, 0.5) is 5.69 Å². The van der Waals surface area contributed by atoms with Crippen LogP contribution >= 0.6 is 0 Å². The van der Waals surface area contributed by atoms with Gasteiger partial charge in [0.15, 0.2) is 0 Å². The molecule has 2 heterocycles. The highest BCUT2D eigenvalue weighted by molar-refractivity contribution is 6.08. The normalized spacial score (nSPS) is 10.8. The molecule has 0 fully saturated rings. The number of hydrogen-bond acceptors (Lipinski definition) is 3. The summed E-state index contributed by atoms with van der Waals surface area (Å²) in [5.41, 5.74) is 4.97. The molecule has 0 aliphatic heterocycles. The average Bonchev–Trinajstić information content (AvgIpc) is 3.24. The predicted octanol–water partition coefficient (Wildman–Crippen LogP) is 5.32. The van der Waals surface area contributed by atoms with Gasteiger partial charge in [0.25, 0.3) is 5.91 Å². The van der Waals surface area contributed by atoms with Crippen LogP contribution in [0.15, 0.2) is 104 Å². The second-order valence-corrected chi connectivity index (χ2v) is 6.90. The molecule has 0 radical (unpaired) electrons. The first-order chi connectivity index (χ1) is 14.8. The van der Waals surface area contributed by atoms with Crippen LogP contribution in [0.5, 0.6) is 0 Å². The van der Waals surface area contributed by atoms with Gasteiger partial charge in [0.1, 0.15) is 0 Å². The first-order valence-corrected chi connectivity index (χ1v) is 9.64. The Balaban J connectivity index is 1.45. The molecule has 0 aliphatic carbocycles. The van der Waals surface area contributed by atoms with Crippen LogP contribution in [-0.4, -0.2) is 20.3 Å². The number of carbonyl (C=O) groups excluding carboxylic acids is 1. The molecule has 144 valence electrons. The largest absolute Gasteiger partial charge is 0.322 e. The van der Waals surface area contributed by atoms with E-state index in [0.717, 1.165) is 22.4 Å². The molecule has 0 saturated carbocycles. The maximum absolute atomic E-state index is 13.1. The Kier molecular flexibility index (Phi) is 4.54. The summed E-state index contributed by atoms with van der Waals surface area (Å²) in [5.74, 6) is 0.488. The van der Waals surface area contributed by atoms with Gasteiger partial charge < -0.3 is 5.32 Å². The van der Waals surface area contributed by atoms with Crippen LogP contribution in [0.25, 0.3) is 28.2 Å². The minimum absolute atomic E-state index is 0.150. The van der Waals surface area contributed by atoms with Gasteiger partial charge in [0.05, 0.1) is 5.69 Å². The third kappa shape index (κ3) is 3.44. The zero-order chi connectivity index (χ0) is 20.3. The lowest BCUT2D eigenvalue weighted by Gasteiger charge is -2.11. The van der Waals surface area contributed by atoms with E-state index >= 15 is 0 Å². The van der Waals surface area contributed by atoms with Gasteiger partial charge in [0, 0.05) is 35.4 Å². The van der Waals surface area contributed by atoms with Gasteiger partial charge in [-0.2, -0.15) is 0 Å². The summed E-state index contributed by atoms with van der Waals surface area (Å²) >= 11 is 0. The van der Waals surface area contributed by atoms with Crippen molar-refractivity contribution in [2.45, 2.75) is 0 Å². The fourth-order valence-electron chi connectivity index (χ4n) is 3.47. The number of amides is 1. The minimum Gasteiger partial charge on any atom is -0.322 e. The number of nitrogens with one attached hydrogen (secondary N) is 1. The summed E-state index contributed by atoms with van der Waals surface area (Å²) in [4.78, 5) is 21.9. The van der Waals surface area contributed by atoms with Gasteiger partial charge in [-0.3, -0.25) is 9.20 Å². The third-order valence-electron chi connectivity index (χ3n) is 4.91. The van der Waals surface area contributed by atoms with Crippen LogP contribution in [-0.2, 0) is 0 Å². The standard InChI is InChI=1S/C25H18N4O/c30-24(22-13-5-4-12-21(22)18-8-2-1-3-9-18)27-20-11-6-10-19(16-20)23-17-29-15-7-14-26-25(29)28-23/h1-17H,(H,27,30). The number of aromatic nitrogens is 3. The van der Waals surface area contributed by atoms with Crippen LogP contribution in [0, 0.1) is 0 Å². The highest BCUT2D eigenvalue weighted by atomic mass is 16.1. The lowest BCUT2D eigenvalue weighted by molar-refractivity contribution is 0.102. The van der Waals surface area contributed by atoms with Gasteiger partial charge in [0.2, 0.25) is 5.78 Å². The van der Waals surface area contributed by atoms with Crippen molar-refractivity contribution in [3.63, 3.8) is 0 Å². The zero-order valence-electron chi connectivity index (χ0n) is 16.1. The molecule has 0 saturated heterocycles. The smallest absolute Gasteiger partial charge is 0.256 e. The number of hydrogen-bond donors (Lipinski definition) is 1. The van der Waals surface area contributed by atoms with Crippen LogP contribution in [0.1, 0.15) is 10.4 Å². The molecule has 5 heteroatoms. The topological polar surface area (TPSA) is 59.3 Å². The van der Waals surface area contributed by atoms with Crippen LogP contribution < -0.4 is 5.32 Å². The third-order valence-corrected chi connectivity index (χ3v) is 4.91. The molecule has 30 heavy (non-hydrogen) atoms.